The maximum atomic E-state index is 13.3. The summed E-state index contributed by atoms with van der Waals surface area (Å²) < 4.78 is 0. The number of Topliss-reactive ketones (excluding diaryl/α,β-unsaturated/α-hetero) is 2. The number of amides is 1. The Morgan fingerprint density at radius 2 is 1.45 bits per heavy atom. The summed E-state index contributed by atoms with van der Waals surface area (Å²) in [6, 6.07) is 23.6. The minimum absolute atomic E-state index is 0.112. The number of aliphatic hydroxyl groups excluding tert-OH is 1. The van der Waals surface area contributed by atoms with Gasteiger partial charge in [0.05, 0.1) is 6.04 Å². The lowest BCUT2D eigenvalue weighted by Crippen LogP contribution is -2.42. The molecular weight excluding hydrogens is 476 g/mol. The van der Waals surface area contributed by atoms with Gasteiger partial charge in [-0.05, 0) is 47.8 Å². The Morgan fingerprint density at radius 1 is 0.842 bits per heavy atom. The van der Waals surface area contributed by atoms with Gasteiger partial charge in [-0.25, -0.2) is 0 Å². The number of hydrogen-bond acceptors (Lipinski definition) is 5. The molecule has 3 rings (SSSR count). The second-order valence-corrected chi connectivity index (χ2v) is 9.21. The quantitative estimate of drug-likeness (QED) is 0.249. The Labute approximate surface area is 225 Å². The summed E-state index contributed by atoms with van der Waals surface area (Å²) in [6.07, 6.45) is 3.64. The Kier molecular flexibility index (Phi) is 11.1. The standard InChI is InChI=1S/C32H36N2O4/c1-3-34(4-2)22-27-12-10-25(11-13-27)20-29(33-32(38)19-16-24-8-6-5-7-9-24)30(36)21-26-14-17-28(18-15-26)31(37)23-35/h5-19,29,35H,3-4,20-23H2,1-2H3,(H,33,38)/b19-16+/t29-/m0/s1. The van der Waals surface area contributed by atoms with Gasteiger partial charge in [-0.2, -0.15) is 0 Å². The van der Waals surface area contributed by atoms with Gasteiger partial charge in [0, 0.05) is 24.6 Å². The molecule has 6 heteroatoms. The first kappa shape index (κ1) is 28.7. The van der Waals surface area contributed by atoms with Gasteiger partial charge in [0.15, 0.2) is 11.6 Å². The van der Waals surface area contributed by atoms with Crippen molar-refractivity contribution in [1.82, 2.24) is 10.2 Å². The minimum atomic E-state index is -0.713. The average molecular weight is 513 g/mol. The Hall–Kier alpha value is -3.87. The van der Waals surface area contributed by atoms with E-state index in [1.54, 1.807) is 30.3 Å². The molecule has 6 nitrogen and oxygen atoms in total. The average Bonchev–Trinajstić information content (AvgIpc) is 2.95. The van der Waals surface area contributed by atoms with Gasteiger partial charge in [0.25, 0.3) is 0 Å². The fraction of sp³-hybridized carbons (Fsp3) is 0.281. The minimum Gasteiger partial charge on any atom is -0.388 e. The molecule has 1 amide bonds. The number of nitrogens with one attached hydrogen (secondary N) is 1. The molecule has 0 aliphatic carbocycles. The number of ketones is 2. The predicted molar refractivity (Wildman–Crippen MR) is 151 cm³/mol. The second kappa shape index (κ2) is 14.8. The van der Waals surface area contributed by atoms with Gasteiger partial charge < -0.3 is 10.4 Å². The summed E-state index contributed by atoms with van der Waals surface area (Å²) >= 11 is 0. The first-order valence-corrected chi connectivity index (χ1v) is 13.0. The highest BCUT2D eigenvalue weighted by molar-refractivity contribution is 5.98. The lowest BCUT2D eigenvalue weighted by atomic mass is 9.96. The molecule has 2 N–H and O–H groups in total. The molecule has 0 saturated carbocycles. The van der Waals surface area contributed by atoms with Crippen LogP contribution in [0.1, 0.15) is 46.5 Å². The molecule has 0 fully saturated rings. The first-order valence-electron chi connectivity index (χ1n) is 13.0. The zero-order chi connectivity index (χ0) is 27.3. The molecule has 0 aromatic heterocycles. The fourth-order valence-electron chi connectivity index (χ4n) is 4.15. The van der Waals surface area contributed by atoms with Crippen molar-refractivity contribution in [2.24, 2.45) is 0 Å². The van der Waals surface area contributed by atoms with E-state index < -0.39 is 12.6 Å². The normalized spacial score (nSPS) is 12.0. The SMILES string of the molecule is CCN(CC)Cc1ccc(C[C@H](NC(=O)/C=C/c2ccccc2)C(=O)Cc2ccc(C(=O)CO)cc2)cc1. The Bertz CT molecular complexity index is 1210. The van der Waals surface area contributed by atoms with Crippen molar-refractivity contribution < 1.29 is 19.5 Å². The van der Waals surface area contributed by atoms with E-state index in [9.17, 15) is 14.4 Å². The molecule has 0 unspecified atom stereocenters. The molecule has 3 aromatic carbocycles. The topological polar surface area (TPSA) is 86.7 Å². The van der Waals surface area contributed by atoms with Gasteiger partial charge in [0.1, 0.15) is 6.61 Å². The van der Waals surface area contributed by atoms with Crippen molar-refractivity contribution in [3.05, 3.63) is 113 Å². The number of carbonyl (C=O) groups excluding carboxylic acids is 3. The second-order valence-electron chi connectivity index (χ2n) is 9.21. The largest absolute Gasteiger partial charge is 0.388 e. The van der Waals surface area contributed by atoms with E-state index >= 15 is 0 Å². The molecule has 198 valence electrons. The predicted octanol–water partition coefficient (Wildman–Crippen LogP) is 4.26. The van der Waals surface area contributed by atoms with E-state index in [2.05, 4.69) is 36.2 Å². The third-order valence-electron chi connectivity index (χ3n) is 6.49. The van der Waals surface area contributed by atoms with Crippen LogP contribution in [0.3, 0.4) is 0 Å². The molecule has 0 aliphatic rings. The van der Waals surface area contributed by atoms with Gasteiger partial charge in [-0.1, -0.05) is 92.7 Å². The van der Waals surface area contributed by atoms with Crippen LogP contribution >= 0.6 is 0 Å². The lowest BCUT2D eigenvalue weighted by Gasteiger charge is -2.19. The summed E-state index contributed by atoms with van der Waals surface area (Å²) in [5, 5.41) is 11.9. The molecule has 0 saturated heterocycles. The molecule has 38 heavy (non-hydrogen) atoms. The fourth-order valence-corrected chi connectivity index (χ4v) is 4.15. The van der Waals surface area contributed by atoms with Crippen LogP contribution in [0.4, 0.5) is 0 Å². The highest BCUT2D eigenvalue weighted by atomic mass is 16.3. The van der Waals surface area contributed by atoms with Crippen LogP contribution < -0.4 is 5.32 Å². The number of rotatable bonds is 14. The number of carbonyl (C=O) groups is 3. The van der Waals surface area contributed by atoms with Gasteiger partial charge >= 0.3 is 0 Å². The maximum absolute atomic E-state index is 13.3. The van der Waals surface area contributed by atoms with E-state index in [0.717, 1.165) is 36.3 Å². The van der Waals surface area contributed by atoms with Crippen molar-refractivity contribution in [3.8, 4) is 0 Å². The summed E-state index contributed by atoms with van der Waals surface area (Å²) in [5.74, 6) is -0.836. The molecule has 1 atom stereocenters. The van der Waals surface area contributed by atoms with Crippen molar-refractivity contribution >= 4 is 23.5 Å². The number of benzene rings is 3. The highest BCUT2D eigenvalue weighted by Crippen LogP contribution is 2.13. The van der Waals surface area contributed by atoms with Crippen LogP contribution in [0.25, 0.3) is 6.08 Å². The van der Waals surface area contributed by atoms with E-state index in [-0.39, 0.29) is 23.9 Å². The van der Waals surface area contributed by atoms with E-state index in [1.165, 1.54) is 11.6 Å². The summed E-state index contributed by atoms with van der Waals surface area (Å²) in [7, 11) is 0. The van der Waals surface area contributed by atoms with Crippen molar-refractivity contribution in [2.45, 2.75) is 39.3 Å². The van der Waals surface area contributed by atoms with Crippen molar-refractivity contribution in [2.75, 3.05) is 19.7 Å². The first-order chi connectivity index (χ1) is 18.4. The van der Waals surface area contributed by atoms with E-state index in [0.29, 0.717) is 12.0 Å². The molecular formula is C32H36N2O4. The van der Waals surface area contributed by atoms with Crippen LogP contribution in [0, 0.1) is 0 Å². The van der Waals surface area contributed by atoms with Gasteiger partial charge in [0.2, 0.25) is 5.91 Å². The molecule has 0 radical (unpaired) electrons. The van der Waals surface area contributed by atoms with Crippen LogP contribution in [-0.4, -0.2) is 53.2 Å². The summed E-state index contributed by atoms with van der Waals surface area (Å²) in [4.78, 5) is 40.1. The zero-order valence-corrected chi connectivity index (χ0v) is 22.1. The number of nitrogens with zero attached hydrogens (tertiary/aromatic N) is 1. The van der Waals surface area contributed by atoms with Crippen molar-refractivity contribution in [1.29, 1.82) is 0 Å². The lowest BCUT2D eigenvalue weighted by molar-refractivity contribution is -0.125. The van der Waals surface area contributed by atoms with Gasteiger partial charge in [-0.3, -0.25) is 19.3 Å². The van der Waals surface area contributed by atoms with Crippen LogP contribution in [-0.2, 0) is 29.0 Å². The Balaban J connectivity index is 1.74. The molecule has 0 aliphatic heterocycles. The summed E-state index contributed by atoms with van der Waals surface area (Å²) in [6.45, 7) is 6.54. The summed E-state index contributed by atoms with van der Waals surface area (Å²) in [5.41, 5.74) is 4.19. The van der Waals surface area contributed by atoms with E-state index in [1.807, 2.05) is 42.5 Å². The third kappa shape index (κ3) is 8.91. The highest BCUT2D eigenvalue weighted by Gasteiger charge is 2.21. The monoisotopic (exact) mass is 512 g/mol. The van der Waals surface area contributed by atoms with Gasteiger partial charge in [-0.15, -0.1) is 0 Å². The van der Waals surface area contributed by atoms with E-state index in [4.69, 9.17) is 5.11 Å². The smallest absolute Gasteiger partial charge is 0.244 e. The number of hydrogen-bond donors (Lipinski definition) is 2. The Morgan fingerprint density at radius 3 is 2.05 bits per heavy atom. The molecule has 0 bridgehead atoms. The third-order valence-corrected chi connectivity index (χ3v) is 6.49. The molecule has 0 heterocycles. The zero-order valence-electron chi connectivity index (χ0n) is 22.1. The molecule has 0 spiro atoms. The van der Waals surface area contributed by atoms with Crippen molar-refractivity contribution in [3.63, 3.8) is 0 Å². The molecule has 3 aromatic rings. The maximum Gasteiger partial charge on any atom is 0.244 e. The van der Waals surface area contributed by atoms with Crippen LogP contribution in [0.5, 0.6) is 0 Å². The van der Waals surface area contributed by atoms with Crippen LogP contribution in [0.2, 0.25) is 0 Å². The van der Waals surface area contributed by atoms with Crippen LogP contribution in [0.15, 0.2) is 84.9 Å². The number of aliphatic hydroxyl groups is 1.